The summed E-state index contributed by atoms with van der Waals surface area (Å²) in [5.41, 5.74) is 0. The first-order valence-electron chi connectivity index (χ1n) is 6.50. The molecule has 5 heteroatoms. The van der Waals surface area contributed by atoms with E-state index in [1.165, 1.54) is 25.8 Å². The van der Waals surface area contributed by atoms with Crippen molar-refractivity contribution in [3.05, 3.63) is 12.2 Å². The van der Waals surface area contributed by atoms with Crippen molar-refractivity contribution in [2.24, 2.45) is 7.05 Å². The summed E-state index contributed by atoms with van der Waals surface area (Å²) in [7, 11) is 1.98. The van der Waals surface area contributed by atoms with Crippen LogP contribution in [0.2, 0.25) is 0 Å². The normalized spacial score (nSPS) is 23.8. The highest BCUT2D eigenvalue weighted by molar-refractivity contribution is 4.93. The summed E-state index contributed by atoms with van der Waals surface area (Å²) >= 11 is 0. The number of nitrogens with one attached hydrogen (secondary N) is 2. The minimum absolute atomic E-state index is 0.249. The lowest BCUT2D eigenvalue weighted by Gasteiger charge is -2.22. The third-order valence-corrected chi connectivity index (χ3v) is 3.47. The molecule has 3 unspecified atom stereocenters. The molecule has 1 fully saturated rings. The standard InChI is InChI=1S/C12H23N5/c1-9(7-11-5-4-6-13-11)15-10(2)12-16-14-8-17(12)3/h8-11,13,15H,4-7H2,1-3H3. The molecule has 0 aliphatic carbocycles. The van der Waals surface area contributed by atoms with Crippen molar-refractivity contribution in [1.29, 1.82) is 0 Å². The summed E-state index contributed by atoms with van der Waals surface area (Å²) in [5, 5.41) is 15.2. The molecule has 1 aliphatic rings. The van der Waals surface area contributed by atoms with Crippen molar-refractivity contribution in [2.45, 2.75) is 51.2 Å². The number of hydrogen-bond donors (Lipinski definition) is 2. The van der Waals surface area contributed by atoms with E-state index in [2.05, 4.69) is 34.7 Å². The van der Waals surface area contributed by atoms with Crippen molar-refractivity contribution >= 4 is 0 Å². The summed E-state index contributed by atoms with van der Waals surface area (Å²) in [6.07, 6.45) is 5.56. The van der Waals surface area contributed by atoms with Crippen LogP contribution in [0.25, 0.3) is 0 Å². The first-order valence-corrected chi connectivity index (χ1v) is 6.50. The van der Waals surface area contributed by atoms with E-state index in [0.717, 1.165) is 5.82 Å². The highest BCUT2D eigenvalue weighted by atomic mass is 15.3. The van der Waals surface area contributed by atoms with E-state index in [1.807, 2.05) is 11.6 Å². The summed E-state index contributed by atoms with van der Waals surface area (Å²) in [6, 6.07) is 1.43. The van der Waals surface area contributed by atoms with Gasteiger partial charge in [0.05, 0.1) is 6.04 Å². The second-order valence-electron chi connectivity index (χ2n) is 5.12. The van der Waals surface area contributed by atoms with Gasteiger partial charge in [0, 0.05) is 19.1 Å². The van der Waals surface area contributed by atoms with Crippen molar-refractivity contribution in [1.82, 2.24) is 25.4 Å². The fourth-order valence-electron chi connectivity index (χ4n) is 2.64. The zero-order chi connectivity index (χ0) is 12.3. The third kappa shape index (κ3) is 3.26. The molecule has 17 heavy (non-hydrogen) atoms. The molecule has 0 spiro atoms. The molecular formula is C12H23N5. The molecule has 1 saturated heterocycles. The number of hydrogen-bond acceptors (Lipinski definition) is 4. The largest absolute Gasteiger partial charge is 0.319 e. The van der Waals surface area contributed by atoms with Gasteiger partial charge in [-0.25, -0.2) is 0 Å². The Bertz CT molecular complexity index is 342. The van der Waals surface area contributed by atoms with Gasteiger partial charge in [0.2, 0.25) is 0 Å². The van der Waals surface area contributed by atoms with Gasteiger partial charge in [0.1, 0.15) is 12.2 Å². The van der Waals surface area contributed by atoms with E-state index in [1.54, 1.807) is 6.33 Å². The van der Waals surface area contributed by atoms with E-state index in [-0.39, 0.29) is 6.04 Å². The first kappa shape index (κ1) is 12.5. The Morgan fingerprint density at radius 1 is 1.59 bits per heavy atom. The monoisotopic (exact) mass is 237 g/mol. The average Bonchev–Trinajstić information content (AvgIpc) is 2.88. The first-order chi connectivity index (χ1) is 8.16. The minimum Gasteiger partial charge on any atom is -0.319 e. The molecule has 1 aromatic heterocycles. The molecule has 0 radical (unpaired) electrons. The van der Waals surface area contributed by atoms with Crippen LogP contribution >= 0.6 is 0 Å². The van der Waals surface area contributed by atoms with Gasteiger partial charge in [-0.3, -0.25) is 0 Å². The maximum Gasteiger partial charge on any atom is 0.149 e. The maximum atomic E-state index is 4.14. The molecular weight excluding hydrogens is 214 g/mol. The number of aryl methyl sites for hydroxylation is 1. The number of rotatable bonds is 5. The molecule has 0 aromatic carbocycles. The second kappa shape index (κ2) is 5.60. The molecule has 1 aliphatic heterocycles. The highest BCUT2D eigenvalue weighted by Crippen LogP contribution is 2.14. The van der Waals surface area contributed by atoms with Crippen LogP contribution in [-0.4, -0.2) is 33.4 Å². The van der Waals surface area contributed by atoms with Gasteiger partial charge >= 0.3 is 0 Å². The molecule has 1 aromatic rings. The molecule has 0 saturated carbocycles. The van der Waals surface area contributed by atoms with Crippen LogP contribution in [0.1, 0.15) is 45.0 Å². The summed E-state index contributed by atoms with van der Waals surface area (Å²) < 4.78 is 1.97. The van der Waals surface area contributed by atoms with Gasteiger partial charge in [0.25, 0.3) is 0 Å². The Balaban J connectivity index is 1.81. The summed E-state index contributed by atoms with van der Waals surface area (Å²) in [5.74, 6) is 0.997. The third-order valence-electron chi connectivity index (χ3n) is 3.47. The van der Waals surface area contributed by atoms with Crippen molar-refractivity contribution < 1.29 is 0 Å². The molecule has 0 bridgehead atoms. The Kier molecular flexibility index (Phi) is 4.12. The minimum atomic E-state index is 0.249. The quantitative estimate of drug-likeness (QED) is 0.802. The van der Waals surface area contributed by atoms with Crippen LogP contribution in [0.15, 0.2) is 6.33 Å². The van der Waals surface area contributed by atoms with Crippen LogP contribution in [0.3, 0.4) is 0 Å². The molecule has 2 rings (SSSR count). The van der Waals surface area contributed by atoms with Gasteiger partial charge in [-0.05, 0) is 39.7 Å². The van der Waals surface area contributed by atoms with E-state index in [9.17, 15) is 0 Å². The number of aromatic nitrogens is 3. The zero-order valence-corrected chi connectivity index (χ0v) is 11.0. The lowest BCUT2D eigenvalue weighted by Crippen LogP contribution is -2.36. The summed E-state index contributed by atoms with van der Waals surface area (Å²) in [6.45, 7) is 5.56. The lowest BCUT2D eigenvalue weighted by molar-refractivity contribution is 0.395. The summed E-state index contributed by atoms with van der Waals surface area (Å²) in [4.78, 5) is 0. The molecule has 0 amide bonds. The Hall–Kier alpha value is -0.940. The highest BCUT2D eigenvalue weighted by Gasteiger charge is 2.19. The van der Waals surface area contributed by atoms with E-state index in [0.29, 0.717) is 12.1 Å². The van der Waals surface area contributed by atoms with Crippen molar-refractivity contribution in [3.8, 4) is 0 Å². The Morgan fingerprint density at radius 2 is 2.41 bits per heavy atom. The predicted molar refractivity (Wildman–Crippen MR) is 67.7 cm³/mol. The van der Waals surface area contributed by atoms with Crippen LogP contribution < -0.4 is 10.6 Å². The van der Waals surface area contributed by atoms with E-state index >= 15 is 0 Å². The molecule has 5 nitrogen and oxygen atoms in total. The smallest absolute Gasteiger partial charge is 0.149 e. The second-order valence-corrected chi connectivity index (χ2v) is 5.12. The van der Waals surface area contributed by atoms with E-state index < -0.39 is 0 Å². The molecule has 96 valence electrons. The lowest BCUT2D eigenvalue weighted by atomic mass is 10.1. The fourth-order valence-corrected chi connectivity index (χ4v) is 2.64. The topological polar surface area (TPSA) is 54.8 Å². The fraction of sp³-hybridized carbons (Fsp3) is 0.833. The zero-order valence-electron chi connectivity index (χ0n) is 11.0. The van der Waals surface area contributed by atoms with Crippen LogP contribution in [0.5, 0.6) is 0 Å². The van der Waals surface area contributed by atoms with E-state index in [4.69, 9.17) is 0 Å². The Labute approximate surface area is 103 Å². The predicted octanol–water partition coefficient (Wildman–Crippen LogP) is 0.996. The SMILES string of the molecule is CC(CC1CCCN1)NC(C)c1nncn1C. The van der Waals surface area contributed by atoms with Gasteiger partial charge in [-0.1, -0.05) is 0 Å². The number of nitrogens with zero attached hydrogens (tertiary/aromatic N) is 3. The molecule has 3 atom stereocenters. The molecule has 2 heterocycles. The molecule has 2 N–H and O–H groups in total. The van der Waals surface area contributed by atoms with Crippen LogP contribution in [0.4, 0.5) is 0 Å². The van der Waals surface area contributed by atoms with Gasteiger partial charge in [0.15, 0.2) is 0 Å². The van der Waals surface area contributed by atoms with Gasteiger partial charge in [-0.2, -0.15) is 0 Å². The van der Waals surface area contributed by atoms with Crippen LogP contribution in [-0.2, 0) is 7.05 Å². The van der Waals surface area contributed by atoms with Crippen molar-refractivity contribution in [2.75, 3.05) is 6.54 Å². The van der Waals surface area contributed by atoms with Crippen LogP contribution in [0, 0.1) is 0 Å². The average molecular weight is 237 g/mol. The van der Waals surface area contributed by atoms with Gasteiger partial charge in [-0.15, -0.1) is 10.2 Å². The van der Waals surface area contributed by atoms with Crippen molar-refractivity contribution in [3.63, 3.8) is 0 Å². The Morgan fingerprint density at radius 3 is 3.00 bits per heavy atom. The van der Waals surface area contributed by atoms with Gasteiger partial charge < -0.3 is 15.2 Å². The maximum absolute atomic E-state index is 4.14.